The van der Waals surface area contributed by atoms with Crippen molar-refractivity contribution in [2.45, 2.75) is 46.0 Å². The molecule has 2 fully saturated rings. The van der Waals surface area contributed by atoms with E-state index in [1.807, 2.05) is 0 Å². The lowest BCUT2D eigenvalue weighted by molar-refractivity contribution is 0.435. The Balaban J connectivity index is 1.69. The van der Waals surface area contributed by atoms with Gasteiger partial charge in [0.15, 0.2) is 0 Å². The Hall–Kier alpha value is -0.0400. The Bertz CT molecular complexity index is 178. The van der Waals surface area contributed by atoms with Gasteiger partial charge in [0.05, 0.1) is 0 Å². The van der Waals surface area contributed by atoms with Crippen molar-refractivity contribution in [3.05, 3.63) is 0 Å². The van der Waals surface area contributed by atoms with Crippen LogP contribution in [0.5, 0.6) is 0 Å². The van der Waals surface area contributed by atoms with Crippen LogP contribution in [-0.4, -0.2) is 13.1 Å². The molecule has 2 aliphatic rings. The third-order valence-electron chi connectivity index (χ3n) is 4.07. The molecule has 3 atom stereocenters. The lowest BCUT2D eigenvalue weighted by atomic mass is 10.0. The van der Waals surface area contributed by atoms with E-state index in [1.165, 1.54) is 45.2 Å². The minimum atomic E-state index is 0.820. The lowest BCUT2D eigenvalue weighted by Gasteiger charge is -2.09. The highest BCUT2D eigenvalue weighted by Gasteiger charge is 2.55. The van der Waals surface area contributed by atoms with E-state index in [0.717, 1.165) is 17.3 Å². The molecule has 13 heavy (non-hydrogen) atoms. The van der Waals surface area contributed by atoms with Crippen LogP contribution in [0.4, 0.5) is 0 Å². The second-order valence-corrected chi connectivity index (χ2v) is 5.32. The first-order valence-electron chi connectivity index (χ1n) is 5.97. The largest absolute Gasteiger partial charge is 0.316 e. The molecule has 76 valence electrons. The van der Waals surface area contributed by atoms with Crippen molar-refractivity contribution in [1.82, 2.24) is 5.32 Å². The number of hydrogen-bond acceptors (Lipinski definition) is 1. The van der Waals surface area contributed by atoms with Crippen molar-refractivity contribution in [3.63, 3.8) is 0 Å². The van der Waals surface area contributed by atoms with E-state index < -0.39 is 0 Å². The van der Waals surface area contributed by atoms with E-state index in [-0.39, 0.29) is 0 Å². The molecule has 0 saturated heterocycles. The van der Waals surface area contributed by atoms with Crippen molar-refractivity contribution < 1.29 is 0 Å². The zero-order valence-electron chi connectivity index (χ0n) is 9.10. The second kappa shape index (κ2) is 3.61. The molecule has 1 heteroatoms. The van der Waals surface area contributed by atoms with Crippen LogP contribution in [0.2, 0.25) is 0 Å². The molecule has 0 aromatic heterocycles. The van der Waals surface area contributed by atoms with Crippen LogP contribution in [0, 0.1) is 17.3 Å². The molecule has 1 spiro atoms. The Morgan fingerprint density at radius 2 is 2.23 bits per heavy atom. The first kappa shape index (κ1) is 9.51. The summed E-state index contributed by atoms with van der Waals surface area (Å²) in [4.78, 5) is 0. The Kier molecular flexibility index (Phi) is 2.64. The van der Waals surface area contributed by atoms with Gasteiger partial charge >= 0.3 is 0 Å². The molecule has 2 aliphatic carbocycles. The molecule has 3 unspecified atom stereocenters. The summed E-state index contributed by atoms with van der Waals surface area (Å²) in [6.07, 6.45) is 7.33. The van der Waals surface area contributed by atoms with Gasteiger partial charge in [-0.2, -0.15) is 0 Å². The van der Waals surface area contributed by atoms with E-state index in [2.05, 4.69) is 19.2 Å². The van der Waals surface area contributed by atoms with E-state index >= 15 is 0 Å². The summed E-state index contributed by atoms with van der Waals surface area (Å²) >= 11 is 0. The van der Waals surface area contributed by atoms with E-state index in [9.17, 15) is 0 Å². The number of nitrogens with one attached hydrogen (secondary N) is 1. The van der Waals surface area contributed by atoms with Crippen LogP contribution in [0.15, 0.2) is 0 Å². The Morgan fingerprint density at radius 3 is 2.85 bits per heavy atom. The van der Waals surface area contributed by atoms with Gasteiger partial charge in [-0.15, -0.1) is 0 Å². The molecule has 0 heterocycles. The first-order chi connectivity index (χ1) is 6.27. The molecule has 0 aromatic rings. The van der Waals surface area contributed by atoms with Gasteiger partial charge in [0.2, 0.25) is 0 Å². The highest BCUT2D eigenvalue weighted by Crippen LogP contribution is 2.63. The van der Waals surface area contributed by atoms with E-state index in [0.29, 0.717) is 0 Å². The standard InChI is InChI=1S/C12H23N/c1-3-6-13-9-11-8-12(11)5-4-10(2)7-12/h10-11,13H,3-9H2,1-2H3. The molecule has 0 amide bonds. The Morgan fingerprint density at radius 1 is 1.38 bits per heavy atom. The fourth-order valence-electron chi connectivity index (χ4n) is 3.16. The number of rotatable bonds is 4. The fraction of sp³-hybridized carbons (Fsp3) is 1.00. The maximum absolute atomic E-state index is 3.56. The molecule has 1 nitrogen and oxygen atoms in total. The van der Waals surface area contributed by atoms with Gasteiger partial charge in [-0.1, -0.05) is 20.3 Å². The average molecular weight is 181 g/mol. The van der Waals surface area contributed by atoms with Gasteiger partial charge in [-0.05, 0) is 56.0 Å². The minimum absolute atomic E-state index is 0.820. The topological polar surface area (TPSA) is 12.0 Å². The molecular formula is C12H23N. The van der Waals surface area contributed by atoms with Crippen LogP contribution in [-0.2, 0) is 0 Å². The summed E-state index contributed by atoms with van der Waals surface area (Å²) in [5.41, 5.74) is 0.820. The first-order valence-corrected chi connectivity index (χ1v) is 5.97. The van der Waals surface area contributed by atoms with Gasteiger partial charge in [0.25, 0.3) is 0 Å². The lowest BCUT2D eigenvalue weighted by Crippen LogP contribution is -2.19. The second-order valence-electron chi connectivity index (χ2n) is 5.32. The molecule has 1 N–H and O–H groups in total. The van der Waals surface area contributed by atoms with Crippen molar-refractivity contribution in [3.8, 4) is 0 Å². The van der Waals surface area contributed by atoms with Gasteiger partial charge in [-0.3, -0.25) is 0 Å². The zero-order valence-corrected chi connectivity index (χ0v) is 9.10. The molecule has 0 aromatic carbocycles. The average Bonchev–Trinajstić information content (AvgIpc) is 2.62. The highest BCUT2D eigenvalue weighted by molar-refractivity contribution is 5.06. The van der Waals surface area contributed by atoms with Crippen LogP contribution in [0.1, 0.15) is 46.0 Å². The quantitative estimate of drug-likeness (QED) is 0.658. The predicted molar refractivity (Wildman–Crippen MR) is 56.7 cm³/mol. The molecule has 0 bridgehead atoms. The molecule has 0 aliphatic heterocycles. The Labute approximate surface area is 82.3 Å². The smallest absolute Gasteiger partial charge is 0.00150 e. The van der Waals surface area contributed by atoms with Crippen LogP contribution >= 0.6 is 0 Å². The van der Waals surface area contributed by atoms with Crippen LogP contribution in [0.3, 0.4) is 0 Å². The summed E-state index contributed by atoms with van der Waals surface area (Å²) in [6.45, 7) is 7.17. The SMILES string of the molecule is CCCNCC1CC12CCC(C)C2. The maximum atomic E-state index is 3.56. The van der Waals surface area contributed by atoms with Gasteiger partial charge < -0.3 is 5.32 Å². The number of hydrogen-bond donors (Lipinski definition) is 1. The van der Waals surface area contributed by atoms with Crippen molar-refractivity contribution in [1.29, 1.82) is 0 Å². The molecular weight excluding hydrogens is 158 g/mol. The van der Waals surface area contributed by atoms with E-state index in [1.54, 1.807) is 0 Å². The predicted octanol–water partition coefficient (Wildman–Crippen LogP) is 2.81. The van der Waals surface area contributed by atoms with Crippen molar-refractivity contribution >= 4 is 0 Å². The summed E-state index contributed by atoms with van der Waals surface area (Å²) in [5.74, 6) is 2.04. The monoisotopic (exact) mass is 181 g/mol. The summed E-state index contributed by atoms with van der Waals surface area (Å²) in [7, 11) is 0. The van der Waals surface area contributed by atoms with Gasteiger partial charge in [0, 0.05) is 0 Å². The third kappa shape index (κ3) is 1.90. The van der Waals surface area contributed by atoms with Crippen molar-refractivity contribution in [2.24, 2.45) is 17.3 Å². The van der Waals surface area contributed by atoms with E-state index in [4.69, 9.17) is 0 Å². The molecule has 2 saturated carbocycles. The normalized spacial score (nSPS) is 42.9. The molecule has 2 rings (SSSR count). The summed E-state index contributed by atoms with van der Waals surface area (Å²) < 4.78 is 0. The van der Waals surface area contributed by atoms with Gasteiger partial charge in [-0.25, -0.2) is 0 Å². The summed E-state index contributed by atoms with van der Waals surface area (Å²) in [6, 6.07) is 0. The summed E-state index contributed by atoms with van der Waals surface area (Å²) in [5, 5.41) is 3.56. The zero-order chi connectivity index (χ0) is 9.31. The maximum Gasteiger partial charge on any atom is -0.00150 e. The fourth-order valence-corrected chi connectivity index (χ4v) is 3.16. The molecule has 0 radical (unpaired) electrons. The third-order valence-corrected chi connectivity index (χ3v) is 4.07. The van der Waals surface area contributed by atoms with Crippen LogP contribution in [0.25, 0.3) is 0 Å². The van der Waals surface area contributed by atoms with Gasteiger partial charge in [0.1, 0.15) is 0 Å². The van der Waals surface area contributed by atoms with Crippen LogP contribution < -0.4 is 5.32 Å². The van der Waals surface area contributed by atoms with Crippen molar-refractivity contribution in [2.75, 3.05) is 13.1 Å². The highest BCUT2D eigenvalue weighted by atomic mass is 14.9. The minimum Gasteiger partial charge on any atom is -0.316 e.